The summed E-state index contributed by atoms with van der Waals surface area (Å²) in [5, 5.41) is 5.29. The molecule has 0 spiro atoms. The van der Waals surface area contributed by atoms with E-state index in [0.29, 0.717) is 15.0 Å². The standard InChI is InChI=1S/C15H10N2O2S2/c18-14-13(9-11-5-2-1-3-6-11)21-15(20)17(14)16-10-12-7-4-8-19-12/h1-10H/b13-9+,16-10+. The first-order valence-electron chi connectivity index (χ1n) is 6.14. The zero-order valence-corrected chi connectivity index (χ0v) is 12.4. The summed E-state index contributed by atoms with van der Waals surface area (Å²) >= 11 is 6.43. The SMILES string of the molecule is O=C1/C(=C\c2ccccc2)SC(=S)N1/N=C/c1ccco1. The number of carbonyl (C=O) groups excluding carboxylic acids is 1. The van der Waals surface area contributed by atoms with Crippen molar-refractivity contribution >= 4 is 46.5 Å². The highest BCUT2D eigenvalue weighted by molar-refractivity contribution is 8.26. The fourth-order valence-corrected chi connectivity index (χ4v) is 2.91. The molecule has 1 aromatic carbocycles. The average Bonchev–Trinajstić information content (AvgIpc) is 3.08. The average molecular weight is 314 g/mol. The number of nitrogens with zero attached hydrogens (tertiary/aromatic N) is 2. The van der Waals surface area contributed by atoms with Crippen LogP contribution in [0.4, 0.5) is 0 Å². The van der Waals surface area contributed by atoms with E-state index in [0.717, 1.165) is 5.56 Å². The van der Waals surface area contributed by atoms with Crippen molar-refractivity contribution in [3.05, 3.63) is 65.0 Å². The number of benzene rings is 1. The number of thioether (sulfide) groups is 1. The summed E-state index contributed by atoms with van der Waals surface area (Å²) in [6, 6.07) is 13.1. The molecule has 21 heavy (non-hydrogen) atoms. The predicted molar refractivity (Wildman–Crippen MR) is 87.8 cm³/mol. The first-order valence-corrected chi connectivity index (χ1v) is 7.37. The third-order valence-electron chi connectivity index (χ3n) is 2.71. The number of amides is 1. The number of carbonyl (C=O) groups is 1. The van der Waals surface area contributed by atoms with E-state index >= 15 is 0 Å². The Labute approximate surface area is 131 Å². The summed E-state index contributed by atoms with van der Waals surface area (Å²) in [7, 11) is 0. The smallest absolute Gasteiger partial charge is 0.286 e. The highest BCUT2D eigenvalue weighted by atomic mass is 32.2. The Balaban J connectivity index is 1.81. The molecule has 1 fully saturated rings. The van der Waals surface area contributed by atoms with Gasteiger partial charge in [0.15, 0.2) is 4.32 Å². The summed E-state index contributed by atoms with van der Waals surface area (Å²) in [4.78, 5) is 12.8. The zero-order chi connectivity index (χ0) is 14.7. The Morgan fingerprint density at radius 1 is 1.19 bits per heavy atom. The van der Waals surface area contributed by atoms with E-state index in [-0.39, 0.29) is 5.91 Å². The lowest BCUT2D eigenvalue weighted by Gasteiger charge is -2.05. The van der Waals surface area contributed by atoms with Crippen LogP contribution in [-0.4, -0.2) is 21.5 Å². The van der Waals surface area contributed by atoms with Crippen LogP contribution < -0.4 is 0 Å². The minimum absolute atomic E-state index is 0.225. The lowest BCUT2D eigenvalue weighted by Crippen LogP contribution is -2.22. The summed E-state index contributed by atoms with van der Waals surface area (Å²) < 4.78 is 5.54. The number of furan rings is 1. The molecule has 4 nitrogen and oxygen atoms in total. The predicted octanol–water partition coefficient (Wildman–Crippen LogP) is 3.51. The molecule has 1 amide bonds. The van der Waals surface area contributed by atoms with Gasteiger partial charge in [0, 0.05) is 0 Å². The Bertz CT molecular complexity index is 721. The summed E-state index contributed by atoms with van der Waals surface area (Å²) in [6.45, 7) is 0. The van der Waals surface area contributed by atoms with Gasteiger partial charge in [-0.1, -0.05) is 42.1 Å². The van der Waals surface area contributed by atoms with Crippen molar-refractivity contribution in [3.63, 3.8) is 0 Å². The van der Waals surface area contributed by atoms with Gasteiger partial charge >= 0.3 is 0 Å². The maximum absolute atomic E-state index is 12.3. The fraction of sp³-hybridized carbons (Fsp3) is 0. The van der Waals surface area contributed by atoms with Crippen molar-refractivity contribution < 1.29 is 9.21 Å². The topological polar surface area (TPSA) is 45.8 Å². The normalized spacial score (nSPS) is 17.3. The van der Waals surface area contributed by atoms with Crippen molar-refractivity contribution in [1.29, 1.82) is 0 Å². The van der Waals surface area contributed by atoms with Gasteiger partial charge in [-0.25, -0.2) is 0 Å². The van der Waals surface area contributed by atoms with Crippen molar-refractivity contribution in [2.45, 2.75) is 0 Å². The Morgan fingerprint density at radius 2 is 2.00 bits per heavy atom. The molecule has 2 aromatic rings. The third kappa shape index (κ3) is 3.12. The molecule has 1 saturated heterocycles. The zero-order valence-electron chi connectivity index (χ0n) is 10.8. The van der Waals surface area contributed by atoms with Gasteiger partial charge in [0.2, 0.25) is 0 Å². The number of hydrazone groups is 1. The number of hydrogen-bond donors (Lipinski definition) is 0. The van der Waals surface area contributed by atoms with Crippen LogP contribution in [-0.2, 0) is 4.79 Å². The van der Waals surface area contributed by atoms with E-state index in [4.69, 9.17) is 16.6 Å². The van der Waals surface area contributed by atoms with Crippen molar-refractivity contribution in [2.75, 3.05) is 0 Å². The molecule has 3 rings (SSSR count). The summed E-state index contributed by atoms with van der Waals surface area (Å²) in [5.74, 6) is 0.341. The van der Waals surface area contributed by atoms with Gasteiger partial charge in [-0.05, 0) is 36.0 Å². The molecule has 1 aliphatic rings. The van der Waals surface area contributed by atoms with Crippen LogP contribution in [0.5, 0.6) is 0 Å². The first kappa shape index (κ1) is 13.8. The molecule has 2 heterocycles. The molecule has 0 bridgehead atoms. The molecule has 6 heteroatoms. The molecule has 0 unspecified atom stereocenters. The van der Waals surface area contributed by atoms with Crippen LogP contribution in [0, 0.1) is 0 Å². The van der Waals surface area contributed by atoms with Gasteiger partial charge in [-0.3, -0.25) is 4.79 Å². The molecule has 104 valence electrons. The Morgan fingerprint density at radius 3 is 2.71 bits per heavy atom. The highest BCUT2D eigenvalue weighted by Gasteiger charge is 2.32. The van der Waals surface area contributed by atoms with Crippen molar-refractivity contribution in [3.8, 4) is 0 Å². The van der Waals surface area contributed by atoms with Crippen LogP contribution in [0.1, 0.15) is 11.3 Å². The molecule has 0 atom stereocenters. The second kappa shape index (κ2) is 6.07. The van der Waals surface area contributed by atoms with Crippen LogP contribution in [0.2, 0.25) is 0 Å². The quantitative estimate of drug-likeness (QED) is 0.494. The summed E-state index contributed by atoms with van der Waals surface area (Å²) in [5.41, 5.74) is 0.952. The van der Waals surface area contributed by atoms with Crippen LogP contribution in [0.3, 0.4) is 0 Å². The van der Waals surface area contributed by atoms with E-state index in [2.05, 4.69) is 5.10 Å². The van der Waals surface area contributed by atoms with Crippen LogP contribution >= 0.6 is 24.0 Å². The lowest BCUT2D eigenvalue weighted by molar-refractivity contribution is -0.122. The van der Waals surface area contributed by atoms with Crippen LogP contribution in [0.25, 0.3) is 6.08 Å². The van der Waals surface area contributed by atoms with Crippen LogP contribution in [0.15, 0.2) is 63.2 Å². The fourth-order valence-electron chi connectivity index (χ4n) is 1.74. The third-order valence-corrected chi connectivity index (χ3v) is 4.00. The lowest BCUT2D eigenvalue weighted by atomic mass is 10.2. The van der Waals surface area contributed by atoms with Gasteiger partial charge in [-0.2, -0.15) is 10.1 Å². The van der Waals surface area contributed by atoms with E-state index in [1.54, 1.807) is 18.4 Å². The van der Waals surface area contributed by atoms with Crippen molar-refractivity contribution in [2.24, 2.45) is 5.10 Å². The monoisotopic (exact) mass is 314 g/mol. The molecular formula is C15H10N2O2S2. The second-order valence-electron chi connectivity index (χ2n) is 4.16. The molecular weight excluding hydrogens is 304 g/mol. The maximum Gasteiger partial charge on any atom is 0.286 e. The van der Waals surface area contributed by atoms with Gasteiger partial charge in [0.1, 0.15) is 5.76 Å². The minimum atomic E-state index is -0.225. The Hall–Kier alpha value is -2.18. The summed E-state index contributed by atoms with van der Waals surface area (Å²) in [6.07, 6.45) is 4.82. The molecule has 0 radical (unpaired) electrons. The number of hydrogen-bond acceptors (Lipinski definition) is 5. The van der Waals surface area contributed by atoms with E-state index in [1.807, 2.05) is 36.4 Å². The minimum Gasteiger partial charge on any atom is -0.463 e. The molecule has 1 aliphatic heterocycles. The molecule has 0 saturated carbocycles. The van der Waals surface area contributed by atoms with Gasteiger partial charge < -0.3 is 4.42 Å². The van der Waals surface area contributed by atoms with E-state index < -0.39 is 0 Å². The first-order chi connectivity index (χ1) is 10.2. The van der Waals surface area contributed by atoms with Gasteiger partial charge in [0.05, 0.1) is 17.4 Å². The van der Waals surface area contributed by atoms with E-state index in [9.17, 15) is 4.79 Å². The Kier molecular flexibility index (Phi) is 3.98. The number of thiocarbonyl (C=S) groups is 1. The van der Waals surface area contributed by atoms with Crippen molar-refractivity contribution in [1.82, 2.24) is 5.01 Å². The highest BCUT2D eigenvalue weighted by Crippen LogP contribution is 2.32. The maximum atomic E-state index is 12.3. The van der Waals surface area contributed by atoms with Gasteiger partial charge in [0.25, 0.3) is 5.91 Å². The van der Waals surface area contributed by atoms with E-state index in [1.165, 1.54) is 23.0 Å². The largest absolute Gasteiger partial charge is 0.463 e. The molecule has 0 aliphatic carbocycles. The second-order valence-corrected chi connectivity index (χ2v) is 5.84. The molecule has 1 aromatic heterocycles. The molecule has 0 N–H and O–H groups in total. The number of rotatable bonds is 3. The van der Waals surface area contributed by atoms with Gasteiger partial charge in [-0.15, -0.1) is 0 Å².